The highest BCUT2D eigenvalue weighted by molar-refractivity contribution is 9.11. The number of aliphatic hydroxyl groups is 1. The SMILES string of the molecule is CCN(CC)c1ccc(N2C/C=C\CCC(=O)N(C)[C@@H](C)[C@H](c3ccccc3)OC(=O)[C@H]3[C@@H]4O[C@@]5(C=C4Br)[C@@H]3C(=O)N([C@H](CO)c3ccccc3)[C@@H]5C2=O)cc1. The van der Waals surface area contributed by atoms with Crippen molar-refractivity contribution in [3.05, 3.63) is 119 Å². The molecule has 8 atom stereocenters. The van der Waals surface area contributed by atoms with Crippen molar-refractivity contribution in [2.75, 3.05) is 43.1 Å². The summed E-state index contributed by atoms with van der Waals surface area (Å²) in [5.74, 6) is -4.00. The van der Waals surface area contributed by atoms with Gasteiger partial charge in [0.1, 0.15) is 29.8 Å². The van der Waals surface area contributed by atoms with Crippen LogP contribution in [-0.2, 0) is 28.7 Å². The van der Waals surface area contributed by atoms with Gasteiger partial charge in [-0.2, -0.15) is 0 Å². The van der Waals surface area contributed by atoms with Crippen molar-refractivity contribution in [1.29, 1.82) is 0 Å². The first kappa shape index (κ1) is 39.5. The van der Waals surface area contributed by atoms with E-state index in [2.05, 4.69) is 34.7 Å². The van der Waals surface area contributed by atoms with Gasteiger partial charge in [0.05, 0.1) is 24.6 Å². The summed E-state index contributed by atoms with van der Waals surface area (Å²) in [5, 5.41) is 11.0. The Morgan fingerprint density at radius 1 is 0.893 bits per heavy atom. The number of benzene rings is 3. The average molecular weight is 826 g/mol. The maximum atomic E-state index is 15.5. The standard InChI is InChI=1S/C44H49BrN4O7/c1-5-47(6-2)31-21-23-32(24-22-31)48-25-15-9-14-20-35(51)46(4)28(3)38(30-18-12-8-13-19-30)55-43(54)36-37-41(52)49(34(27-50)29-16-10-7-11-17-29)40(42(48)53)44(37)26-33(45)39(36)56-44/h7-13,15-19,21-24,26,28,34,36-40,50H,5-6,14,20,25,27H2,1-4H3/b15-9-/t28-,34+,36+,37-,38+,39+,40+,44-/m0/s1. The highest BCUT2D eigenvalue weighted by Gasteiger charge is 2.75. The van der Waals surface area contributed by atoms with Crippen LogP contribution in [0.1, 0.15) is 56.9 Å². The second-order valence-electron chi connectivity index (χ2n) is 14.8. The van der Waals surface area contributed by atoms with Crippen LogP contribution in [0.15, 0.2) is 108 Å². The van der Waals surface area contributed by atoms with Crippen LogP contribution in [-0.4, -0.2) is 95.7 Å². The third kappa shape index (κ3) is 6.85. The van der Waals surface area contributed by atoms with Gasteiger partial charge in [0.15, 0.2) is 0 Å². The van der Waals surface area contributed by atoms with Crippen molar-refractivity contribution in [1.82, 2.24) is 9.80 Å². The summed E-state index contributed by atoms with van der Waals surface area (Å²) < 4.78 is 13.7. The smallest absolute Gasteiger partial charge is 0.313 e. The number of fused-ring (bicyclic) bond motifs is 2. The minimum Gasteiger partial charge on any atom is -0.455 e. The summed E-state index contributed by atoms with van der Waals surface area (Å²) >= 11 is 3.66. The molecule has 7 rings (SSSR count). The molecule has 3 aromatic rings. The van der Waals surface area contributed by atoms with Crippen LogP contribution in [0.3, 0.4) is 0 Å². The monoisotopic (exact) mass is 824 g/mol. The van der Waals surface area contributed by atoms with Gasteiger partial charge < -0.3 is 34.2 Å². The molecule has 4 heterocycles. The van der Waals surface area contributed by atoms with Crippen LogP contribution in [0, 0.1) is 11.8 Å². The van der Waals surface area contributed by atoms with Crippen molar-refractivity contribution in [2.24, 2.45) is 11.8 Å². The topological polar surface area (TPSA) is 120 Å². The number of amides is 3. The molecular formula is C44H49BrN4O7. The predicted octanol–water partition coefficient (Wildman–Crippen LogP) is 5.95. The van der Waals surface area contributed by atoms with E-state index in [-0.39, 0.29) is 18.9 Å². The molecule has 1 spiro atoms. The van der Waals surface area contributed by atoms with Crippen molar-refractivity contribution < 1.29 is 33.8 Å². The number of halogens is 1. The number of likely N-dealkylation sites (tertiary alicyclic amines) is 1. The minimum atomic E-state index is -1.57. The third-order valence-corrected chi connectivity index (χ3v) is 12.6. The second kappa shape index (κ2) is 16.4. The number of aliphatic hydroxyl groups excluding tert-OH is 1. The Bertz CT molecular complexity index is 1990. The number of hydrogen-bond acceptors (Lipinski definition) is 8. The molecule has 3 amide bonds. The number of rotatable bonds is 8. The zero-order valence-corrected chi connectivity index (χ0v) is 33.7. The Kier molecular flexibility index (Phi) is 11.5. The molecule has 56 heavy (non-hydrogen) atoms. The summed E-state index contributed by atoms with van der Waals surface area (Å²) in [6, 6.07) is 23.3. The number of carbonyl (C=O) groups excluding carboxylic acids is 4. The van der Waals surface area contributed by atoms with E-state index in [4.69, 9.17) is 9.47 Å². The van der Waals surface area contributed by atoms with Gasteiger partial charge in [0, 0.05) is 49.0 Å². The van der Waals surface area contributed by atoms with Gasteiger partial charge in [-0.15, -0.1) is 0 Å². The minimum absolute atomic E-state index is 0.128. The average Bonchev–Trinajstić information content (AvgIpc) is 3.82. The van der Waals surface area contributed by atoms with Crippen molar-refractivity contribution in [2.45, 2.75) is 69.5 Å². The van der Waals surface area contributed by atoms with E-state index in [1.165, 1.54) is 4.90 Å². The number of carbonyl (C=O) groups is 4. The van der Waals surface area contributed by atoms with E-state index < -0.39 is 72.2 Å². The van der Waals surface area contributed by atoms with Crippen molar-refractivity contribution >= 4 is 51.0 Å². The fourth-order valence-electron chi connectivity index (χ4n) is 8.88. The highest BCUT2D eigenvalue weighted by Crippen LogP contribution is 2.60. The number of esters is 1. The lowest BCUT2D eigenvalue weighted by Crippen LogP contribution is -2.57. The molecule has 0 aliphatic carbocycles. The van der Waals surface area contributed by atoms with Crippen molar-refractivity contribution in [3.8, 4) is 0 Å². The van der Waals surface area contributed by atoms with E-state index >= 15 is 9.59 Å². The first-order valence-electron chi connectivity index (χ1n) is 19.4. The lowest BCUT2D eigenvalue weighted by Gasteiger charge is -2.39. The van der Waals surface area contributed by atoms with Gasteiger partial charge in [-0.05, 0) is 68.7 Å². The molecule has 5 bridgehead atoms. The van der Waals surface area contributed by atoms with Gasteiger partial charge in [0.2, 0.25) is 11.8 Å². The molecule has 12 heteroatoms. The molecule has 1 N–H and O–H groups in total. The van der Waals surface area contributed by atoms with E-state index in [1.54, 1.807) is 22.9 Å². The van der Waals surface area contributed by atoms with Crippen LogP contribution in [0.4, 0.5) is 11.4 Å². The molecule has 0 saturated carbocycles. The quantitative estimate of drug-likeness (QED) is 0.219. The van der Waals surface area contributed by atoms with Crippen LogP contribution in [0.25, 0.3) is 0 Å². The Balaban J connectivity index is 1.39. The van der Waals surface area contributed by atoms with E-state index in [1.807, 2.05) is 104 Å². The zero-order valence-electron chi connectivity index (χ0n) is 32.2. The summed E-state index contributed by atoms with van der Waals surface area (Å²) in [6.45, 7) is 7.30. The van der Waals surface area contributed by atoms with E-state index in [0.717, 1.165) is 18.8 Å². The molecule has 294 valence electrons. The van der Waals surface area contributed by atoms with Crippen molar-refractivity contribution in [3.63, 3.8) is 0 Å². The number of anilines is 2. The third-order valence-electron chi connectivity index (χ3n) is 11.9. The zero-order chi connectivity index (χ0) is 39.7. The van der Waals surface area contributed by atoms with Gasteiger partial charge in [-0.25, -0.2) is 0 Å². The molecule has 4 aliphatic rings. The number of ether oxygens (including phenoxy) is 2. The molecular weight excluding hydrogens is 776 g/mol. The normalized spacial score (nSPS) is 29.2. The number of allylic oxidation sites excluding steroid dienone is 1. The fraction of sp³-hybridized carbons (Fsp3) is 0.409. The number of likely N-dealkylation sites (N-methyl/N-ethyl adjacent to an activating group) is 1. The first-order chi connectivity index (χ1) is 27.1. The van der Waals surface area contributed by atoms with Gasteiger partial charge >= 0.3 is 5.97 Å². The molecule has 2 fully saturated rings. The van der Waals surface area contributed by atoms with Crippen LogP contribution < -0.4 is 9.80 Å². The van der Waals surface area contributed by atoms with E-state index in [9.17, 15) is 14.7 Å². The second-order valence-corrected chi connectivity index (χ2v) is 15.8. The largest absolute Gasteiger partial charge is 0.455 e. The van der Waals surface area contributed by atoms with Gasteiger partial charge in [-0.3, -0.25) is 19.2 Å². The summed E-state index contributed by atoms with van der Waals surface area (Å²) in [6.07, 6.45) is 4.38. The lowest BCUT2D eigenvalue weighted by molar-refractivity contribution is -0.164. The highest BCUT2D eigenvalue weighted by atomic mass is 79.9. The first-order valence-corrected chi connectivity index (χ1v) is 20.2. The Morgan fingerprint density at radius 3 is 2.20 bits per heavy atom. The van der Waals surface area contributed by atoms with E-state index in [0.29, 0.717) is 27.7 Å². The maximum Gasteiger partial charge on any atom is 0.313 e. The molecule has 0 unspecified atom stereocenters. The Labute approximate surface area is 336 Å². The molecule has 2 saturated heterocycles. The molecule has 3 aromatic carbocycles. The Morgan fingerprint density at radius 2 is 1.55 bits per heavy atom. The molecule has 4 aliphatic heterocycles. The summed E-state index contributed by atoms with van der Waals surface area (Å²) in [4.78, 5) is 65.9. The fourth-order valence-corrected chi connectivity index (χ4v) is 9.61. The number of nitrogens with zero attached hydrogens (tertiary/aromatic N) is 4. The lowest BCUT2D eigenvalue weighted by atomic mass is 9.74. The maximum absolute atomic E-state index is 15.5. The molecule has 11 nitrogen and oxygen atoms in total. The molecule has 0 radical (unpaired) electrons. The summed E-state index contributed by atoms with van der Waals surface area (Å²) in [7, 11) is 1.70. The van der Waals surface area contributed by atoms with Crippen LogP contribution in [0.5, 0.6) is 0 Å². The number of hydrogen-bond donors (Lipinski definition) is 1. The van der Waals surface area contributed by atoms with Gasteiger partial charge in [0.25, 0.3) is 5.91 Å². The Hall–Kier alpha value is -4.78. The van der Waals surface area contributed by atoms with Crippen LogP contribution in [0.2, 0.25) is 0 Å². The van der Waals surface area contributed by atoms with Crippen LogP contribution >= 0.6 is 15.9 Å². The summed E-state index contributed by atoms with van der Waals surface area (Å²) in [5.41, 5.74) is 1.37. The van der Waals surface area contributed by atoms with Gasteiger partial charge in [-0.1, -0.05) is 88.7 Å². The predicted molar refractivity (Wildman–Crippen MR) is 217 cm³/mol. The number of cyclic esters (lactones) is 1. The molecule has 0 aromatic heterocycles.